The van der Waals surface area contributed by atoms with Crippen LogP contribution in [0.2, 0.25) is 0 Å². The smallest absolute Gasteiger partial charge is 0.318 e. The SMILES string of the molecule is COC(=O)[C@@H](C)SC(=S)SCCC(=O)OCC(COC(=O)CCSC(=S)S[C@H](C)C(=O)OC)(COC(=O)CCSC(=S)S[C@H](C)C(=O)OC)COC(=O)CCSC(=S)S[C@H](C)C(=O)OC. The second kappa shape index (κ2) is 36.8. The van der Waals surface area contributed by atoms with E-state index in [1.54, 1.807) is 27.7 Å². The van der Waals surface area contributed by atoms with Crippen molar-refractivity contribution < 1.29 is 76.3 Å². The second-order valence-corrected chi connectivity index (χ2v) is 27.2. The molecule has 0 radical (unpaired) electrons. The minimum Gasteiger partial charge on any atom is -0.468 e. The molecule has 0 aliphatic heterocycles. The molecule has 0 unspecified atom stereocenters. The summed E-state index contributed by atoms with van der Waals surface area (Å²) < 4.78 is 43.0. The van der Waals surface area contributed by atoms with Gasteiger partial charge in [-0.15, -0.1) is 47.0 Å². The van der Waals surface area contributed by atoms with Crippen LogP contribution in [0.25, 0.3) is 0 Å². The average molecular weight is 1140 g/mol. The molecular formula is C37H52O16S12. The maximum absolute atomic E-state index is 13.1. The first-order valence-corrected chi connectivity index (χ1v) is 28.0. The summed E-state index contributed by atoms with van der Waals surface area (Å²) in [5, 5.41) is -2.23. The van der Waals surface area contributed by atoms with Gasteiger partial charge in [-0.25, -0.2) is 0 Å². The van der Waals surface area contributed by atoms with E-state index in [0.29, 0.717) is 14.1 Å². The third kappa shape index (κ3) is 30.9. The monoisotopic (exact) mass is 1140 g/mol. The molecule has 368 valence electrons. The summed E-state index contributed by atoms with van der Waals surface area (Å²) in [6.45, 7) is 4.44. The number of rotatable bonds is 28. The summed E-state index contributed by atoms with van der Waals surface area (Å²) in [6.07, 6.45) is -0.537. The normalized spacial score (nSPS) is 12.8. The van der Waals surface area contributed by atoms with Crippen LogP contribution in [0.1, 0.15) is 53.4 Å². The Morgan fingerprint density at radius 2 is 0.569 bits per heavy atom. The van der Waals surface area contributed by atoms with Gasteiger partial charge in [-0.1, -0.05) is 95.9 Å². The minimum atomic E-state index is -1.60. The molecule has 0 heterocycles. The van der Waals surface area contributed by atoms with E-state index < -0.39 is 101 Å². The van der Waals surface area contributed by atoms with E-state index in [4.69, 9.17) is 86.8 Å². The summed E-state index contributed by atoms with van der Waals surface area (Å²) in [6, 6.07) is 0. The number of ether oxygens (including phenoxy) is 8. The van der Waals surface area contributed by atoms with Gasteiger partial charge >= 0.3 is 47.8 Å². The third-order valence-electron chi connectivity index (χ3n) is 7.49. The Balaban J connectivity index is 6.12. The fraction of sp³-hybridized carbons (Fsp3) is 0.676. The van der Waals surface area contributed by atoms with Crippen molar-refractivity contribution in [3.63, 3.8) is 0 Å². The number of esters is 8. The molecule has 0 saturated heterocycles. The van der Waals surface area contributed by atoms with Crippen LogP contribution in [0, 0.1) is 5.41 Å². The van der Waals surface area contributed by atoms with E-state index in [2.05, 4.69) is 0 Å². The van der Waals surface area contributed by atoms with Crippen molar-refractivity contribution in [2.24, 2.45) is 5.41 Å². The lowest BCUT2D eigenvalue weighted by Crippen LogP contribution is -2.44. The summed E-state index contributed by atoms with van der Waals surface area (Å²) in [7, 11) is 5.05. The van der Waals surface area contributed by atoms with E-state index in [1.165, 1.54) is 28.4 Å². The summed E-state index contributed by atoms with van der Waals surface area (Å²) in [5.41, 5.74) is -1.60. The molecule has 0 aromatic rings. The van der Waals surface area contributed by atoms with Crippen molar-refractivity contribution in [1.29, 1.82) is 0 Å². The van der Waals surface area contributed by atoms with Gasteiger partial charge in [0.1, 0.15) is 67.0 Å². The van der Waals surface area contributed by atoms with Crippen LogP contribution in [0.15, 0.2) is 0 Å². The van der Waals surface area contributed by atoms with Gasteiger partial charge in [0, 0.05) is 23.0 Å². The van der Waals surface area contributed by atoms with Gasteiger partial charge in [0.15, 0.2) is 0 Å². The zero-order valence-corrected chi connectivity index (χ0v) is 46.5. The largest absolute Gasteiger partial charge is 0.468 e. The summed E-state index contributed by atoms with van der Waals surface area (Å²) in [4.78, 5) is 99.4. The molecule has 0 fully saturated rings. The second-order valence-electron chi connectivity index (χ2n) is 12.7. The molecule has 0 aromatic heterocycles. The fourth-order valence-corrected chi connectivity index (χ4v) is 14.1. The van der Waals surface area contributed by atoms with Gasteiger partial charge in [-0.3, -0.25) is 38.4 Å². The molecule has 4 atom stereocenters. The lowest BCUT2D eigenvalue weighted by Gasteiger charge is -2.31. The van der Waals surface area contributed by atoms with Gasteiger partial charge in [-0.2, -0.15) is 0 Å². The fourth-order valence-electron chi connectivity index (χ4n) is 3.91. The molecule has 28 heteroatoms. The van der Waals surface area contributed by atoms with Crippen LogP contribution >= 0.6 is 143 Å². The molecule has 0 saturated carbocycles. The first-order valence-electron chi connectivity index (χ1n) is 18.9. The Hall–Kier alpha value is -1.08. The van der Waals surface area contributed by atoms with Gasteiger partial charge in [-0.05, 0) is 27.7 Å². The summed E-state index contributed by atoms with van der Waals surface area (Å²) in [5.74, 6) is -3.88. The van der Waals surface area contributed by atoms with Crippen LogP contribution in [-0.2, 0) is 76.3 Å². The van der Waals surface area contributed by atoms with Gasteiger partial charge < -0.3 is 37.9 Å². The Kier molecular flexibility index (Phi) is 36.2. The van der Waals surface area contributed by atoms with E-state index in [9.17, 15) is 38.4 Å². The topological polar surface area (TPSA) is 210 Å². The zero-order valence-electron chi connectivity index (χ0n) is 36.7. The van der Waals surface area contributed by atoms with E-state index in [1.807, 2.05) is 0 Å². The number of carbonyl (C=O) groups excluding carboxylic acids is 8. The van der Waals surface area contributed by atoms with Crippen LogP contribution < -0.4 is 0 Å². The number of thioether (sulfide) groups is 8. The van der Waals surface area contributed by atoms with E-state index in [0.717, 1.165) is 94.1 Å². The molecule has 0 bridgehead atoms. The van der Waals surface area contributed by atoms with Crippen molar-refractivity contribution >= 4 is 205 Å². The summed E-state index contributed by atoms with van der Waals surface area (Å²) >= 11 is 30.3. The molecule has 0 aromatic carbocycles. The van der Waals surface area contributed by atoms with Crippen LogP contribution in [0.5, 0.6) is 0 Å². The van der Waals surface area contributed by atoms with E-state index >= 15 is 0 Å². The van der Waals surface area contributed by atoms with Crippen molar-refractivity contribution in [1.82, 2.24) is 0 Å². The quantitative estimate of drug-likeness (QED) is 0.0440. The van der Waals surface area contributed by atoms with Crippen molar-refractivity contribution in [2.45, 2.75) is 74.4 Å². The van der Waals surface area contributed by atoms with Crippen LogP contribution in [0.4, 0.5) is 0 Å². The van der Waals surface area contributed by atoms with Crippen molar-refractivity contribution in [2.75, 3.05) is 77.9 Å². The van der Waals surface area contributed by atoms with E-state index in [-0.39, 0.29) is 48.7 Å². The molecule has 0 N–H and O–H groups in total. The average Bonchev–Trinajstić information content (AvgIpc) is 3.26. The molecule has 0 rings (SSSR count). The highest BCUT2D eigenvalue weighted by atomic mass is 32.2. The van der Waals surface area contributed by atoms with Crippen molar-refractivity contribution in [3.05, 3.63) is 0 Å². The highest BCUT2D eigenvalue weighted by Gasteiger charge is 2.38. The molecule has 0 amide bonds. The highest BCUT2D eigenvalue weighted by Crippen LogP contribution is 2.28. The predicted molar refractivity (Wildman–Crippen MR) is 281 cm³/mol. The molecule has 65 heavy (non-hydrogen) atoms. The Morgan fingerprint density at radius 3 is 0.738 bits per heavy atom. The van der Waals surface area contributed by atoms with Gasteiger partial charge in [0.25, 0.3) is 0 Å². The Labute approximate surface area is 434 Å². The first kappa shape index (κ1) is 63.9. The number of hydrogen-bond donors (Lipinski definition) is 0. The Bertz CT molecular complexity index is 1430. The third-order valence-corrected chi connectivity index (χ3v) is 18.2. The number of hydrogen-bond acceptors (Lipinski definition) is 28. The number of carbonyl (C=O) groups is 8. The standard InChI is InChI=1S/C37H52O16S12/c1-21(29(42)46-5)62-33(54)58-13-9-25(38)50-17-37(18-51-26(39)10-14-59-34(55)63-22(2)30(43)47-6,19-52-27(40)11-15-60-35(56)64-23(3)31(44)48-7)20-53-28(41)12-16-61-36(57)65-24(4)32(45)49-8/h21-24H,9-20H2,1-8H3/t21-,22-,23-,24-/m1/s1. The lowest BCUT2D eigenvalue weighted by atomic mass is 9.92. The van der Waals surface area contributed by atoms with Gasteiger partial charge in [0.05, 0.1) is 54.1 Å². The predicted octanol–water partition coefficient (Wildman–Crippen LogP) is 6.96. The Morgan fingerprint density at radius 1 is 0.385 bits per heavy atom. The maximum Gasteiger partial charge on any atom is 0.318 e. The van der Waals surface area contributed by atoms with Crippen molar-refractivity contribution in [3.8, 4) is 0 Å². The highest BCUT2D eigenvalue weighted by molar-refractivity contribution is 8.49. The zero-order chi connectivity index (χ0) is 49.5. The molecular weight excluding hydrogens is 1090 g/mol. The first-order chi connectivity index (χ1) is 30.6. The molecule has 0 aliphatic carbocycles. The molecule has 0 aliphatic rings. The van der Waals surface area contributed by atoms with Crippen LogP contribution in [0.3, 0.4) is 0 Å². The molecule has 0 spiro atoms. The number of methoxy groups -OCH3 is 4. The van der Waals surface area contributed by atoms with Gasteiger partial charge in [0.2, 0.25) is 0 Å². The molecule has 16 nitrogen and oxygen atoms in total. The van der Waals surface area contributed by atoms with Crippen LogP contribution in [-0.4, -0.2) is 161 Å². The maximum atomic E-state index is 13.1. The minimum absolute atomic E-state index is 0.134. The lowest BCUT2D eigenvalue weighted by molar-refractivity contribution is -0.170. The number of thiocarbonyl (C=S) groups is 4.